The van der Waals surface area contributed by atoms with Gasteiger partial charge in [-0.15, -0.1) is 12.4 Å². The average Bonchev–Trinajstić information content (AvgIpc) is 2.95. The Morgan fingerprint density at radius 1 is 1.14 bits per heavy atom. The molecule has 8 heteroatoms. The zero-order chi connectivity index (χ0) is 20.1. The number of carbonyl (C=O) groups is 2. The van der Waals surface area contributed by atoms with E-state index in [0.717, 1.165) is 25.2 Å². The number of hydrogen-bond donors (Lipinski definition) is 0. The molecule has 7 nitrogen and oxygen atoms in total. The van der Waals surface area contributed by atoms with Gasteiger partial charge in [0.1, 0.15) is 6.17 Å². The molecule has 3 rings (SSSR count). The number of halogens is 1. The summed E-state index contributed by atoms with van der Waals surface area (Å²) < 4.78 is 4.80. The summed E-state index contributed by atoms with van der Waals surface area (Å²) >= 11 is 0. The third kappa shape index (κ3) is 5.62. The molecule has 1 aromatic carbocycles. The summed E-state index contributed by atoms with van der Waals surface area (Å²) in [5, 5.41) is 3.85. The first kappa shape index (κ1) is 23.4. The predicted molar refractivity (Wildman–Crippen MR) is 116 cm³/mol. The molecule has 0 bridgehead atoms. The minimum Gasteiger partial charge on any atom is -0.469 e. The lowest BCUT2D eigenvalue weighted by Gasteiger charge is -2.32. The Labute approximate surface area is 179 Å². The highest BCUT2D eigenvalue weighted by atomic mass is 35.5. The number of hydrogen-bond acceptors (Lipinski definition) is 5. The van der Waals surface area contributed by atoms with E-state index in [9.17, 15) is 9.59 Å². The molecule has 2 amide bonds. The molecule has 0 aliphatic carbocycles. The van der Waals surface area contributed by atoms with Gasteiger partial charge in [0.25, 0.3) is 0 Å². The highest BCUT2D eigenvalue weighted by Gasteiger charge is 2.42. The zero-order valence-electron chi connectivity index (χ0n) is 17.6. The van der Waals surface area contributed by atoms with Crippen LogP contribution < -0.4 is 4.90 Å². The van der Waals surface area contributed by atoms with Crippen LogP contribution in [0.3, 0.4) is 0 Å². The van der Waals surface area contributed by atoms with Gasteiger partial charge in [0.2, 0.25) is 0 Å². The lowest BCUT2D eigenvalue weighted by Crippen LogP contribution is -2.44. The number of urea groups is 1. The molecule has 2 aliphatic rings. The van der Waals surface area contributed by atoms with Crippen molar-refractivity contribution in [3.05, 3.63) is 30.3 Å². The van der Waals surface area contributed by atoms with E-state index in [4.69, 9.17) is 4.74 Å². The number of hydrazine groups is 1. The van der Waals surface area contributed by atoms with Crippen LogP contribution in [0, 0.1) is 5.92 Å². The Bertz CT molecular complexity index is 667. The van der Waals surface area contributed by atoms with E-state index in [1.807, 2.05) is 52.2 Å². The molecular formula is C21H33ClN4O3. The summed E-state index contributed by atoms with van der Waals surface area (Å²) in [6, 6.07) is 9.71. The first-order chi connectivity index (χ1) is 13.5. The van der Waals surface area contributed by atoms with Crippen LogP contribution in [-0.4, -0.2) is 73.4 Å². The molecule has 0 saturated carbocycles. The van der Waals surface area contributed by atoms with Crippen LogP contribution in [0.5, 0.6) is 0 Å². The quantitative estimate of drug-likeness (QED) is 0.629. The maximum Gasteiger partial charge on any atom is 0.340 e. The maximum atomic E-state index is 13.3. The van der Waals surface area contributed by atoms with Gasteiger partial charge in [0, 0.05) is 18.8 Å². The van der Waals surface area contributed by atoms with E-state index < -0.39 is 0 Å². The minimum absolute atomic E-state index is 0. The number of ether oxygens (including phenoxy) is 1. The smallest absolute Gasteiger partial charge is 0.340 e. The first-order valence-electron chi connectivity index (χ1n) is 10.2. The Morgan fingerprint density at radius 3 is 2.41 bits per heavy atom. The molecule has 1 aromatic rings. The number of rotatable bonds is 7. The topological polar surface area (TPSA) is 56.3 Å². The number of likely N-dealkylation sites (tertiary alicyclic amines) is 1. The van der Waals surface area contributed by atoms with Crippen LogP contribution >= 0.6 is 12.4 Å². The third-order valence-electron chi connectivity index (χ3n) is 5.94. The lowest BCUT2D eigenvalue weighted by atomic mass is 9.94. The summed E-state index contributed by atoms with van der Waals surface area (Å²) in [6.45, 7) is 5.41. The number of nitrogens with zero attached hydrogens (tertiary/aromatic N) is 4. The summed E-state index contributed by atoms with van der Waals surface area (Å²) in [7, 11) is 3.56. The van der Waals surface area contributed by atoms with Crippen molar-refractivity contribution >= 4 is 30.1 Å². The van der Waals surface area contributed by atoms with Crippen molar-refractivity contribution in [2.45, 2.75) is 38.8 Å². The number of anilines is 1. The van der Waals surface area contributed by atoms with Crippen molar-refractivity contribution in [3.8, 4) is 0 Å². The van der Waals surface area contributed by atoms with Gasteiger partial charge < -0.3 is 9.64 Å². The van der Waals surface area contributed by atoms with Crippen LogP contribution in [0.25, 0.3) is 0 Å². The van der Waals surface area contributed by atoms with Crippen molar-refractivity contribution in [2.24, 2.45) is 5.92 Å². The third-order valence-corrected chi connectivity index (χ3v) is 5.94. The molecule has 0 radical (unpaired) electrons. The van der Waals surface area contributed by atoms with E-state index in [1.165, 1.54) is 20.0 Å². The Balaban J connectivity index is 0.00000300. The van der Waals surface area contributed by atoms with Gasteiger partial charge in [-0.1, -0.05) is 18.2 Å². The molecule has 1 atom stereocenters. The second-order valence-corrected chi connectivity index (χ2v) is 7.77. The van der Waals surface area contributed by atoms with E-state index in [-0.39, 0.29) is 37.0 Å². The molecule has 29 heavy (non-hydrogen) atoms. The highest BCUT2D eigenvalue weighted by molar-refractivity contribution is 5.94. The number of methoxy groups -OCH3 is 1. The van der Waals surface area contributed by atoms with Crippen LogP contribution in [0.4, 0.5) is 10.5 Å². The number of esters is 1. The van der Waals surface area contributed by atoms with Crippen molar-refractivity contribution in [3.63, 3.8) is 0 Å². The number of piperidine rings is 1. The molecular weight excluding hydrogens is 392 g/mol. The monoisotopic (exact) mass is 424 g/mol. The first-order valence-corrected chi connectivity index (χ1v) is 10.2. The Hall–Kier alpha value is -1.83. The standard InChI is InChI=1S/C21H32N4O3.ClH/c1-17-23(16-12-20(26)28-3)24(15-11-18-9-13-22(2)14-10-18)21(27)25(17)19-7-5-4-6-8-19;/h4-8,17-18H,9-16H2,1-3H3;1H. The van der Waals surface area contributed by atoms with E-state index in [1.54, 1.807) is 0 Å². The van der Waals surface area contributed by atoms with Crippen molar-refractivity contribution < 1.29 is 14.3 Å². The Morgan fingerprint density at radius 2 is 1.79 bits per heavy atom. The number of benzene rings is 1. The fourth-order valence-corrected chi connectivity index (χ4v) is 4.14. The largest absolute Gasteiger partial charge is 0.469 e. The average molecular weight is 425 g/mol. The normalized spacial score (nSPS) is 21.3. The van der Waals surface area contributed by atoms with Gasteiger partial charge in [0.15, 0.2) is 0 Å². The Kier molecular flexibility index (Phi) is 8.74. The molecule has 2 heterocycles. The van der Waals surface area contributed by atoms with E-state index >= 15 is 0 Å². The fourth-order valence-electron chi connectivity index (χ4n) is 4.14. The van der Waals surface area contributed by atoms with E-state index in [0.29, 0.717) is 19.0 Å². The SMILES string of the molecule is COC(=O)CCN1C(C)N(c2ccccc2)C(=O)N1CCC1CCN(C)CC1.Cl. The molecule has 2 saturated heterocycles. The zero-order valence-corrected chi connectivity index (χ0v) is 18.4. The summed E-state index contributed by atoms with van der Waals surface area (Å²) in [6.07, 6.45) is 3.47. The predicted octanol–water partition coefficient (Wildman–Crippen LogP) is 3.21. The van der Waals surface area contributed by atoms with Crippen LogP contribution in [0.2, 0.25) is 0 Å². The summed E-state index contributed by atoms with van der Waals surface area (Å²) in [5.74, 6) is 0.389. The molecule has 0 aromatic heterocycles. The lowest BCUT2D eigenvalue weighted by molar-refractivity contribution is -0.141. The highest BCUT2D eigenvalue weighted by Crippen LogP contribution is 2.30. The van der Waals surface area contributed by atoms with Crippen molar-refractivity contribution in [2.75, 3.05) is 45.2 Å². The summed E-state index contributed by atoms with van der Waals surface area (Å²) in [5.41, 5.74) is 0.879. The summed E-state index contributed by atoms with van der Waals surface area (Å²) in [4.78, 5) is 29.1. The molecule has 2 fully saturated rings. The molecule has 0 N–H and O–H groups in total. The number of carbonyl (C=O) groups excluding carboxylic acids is 2. The van der Waals surface area contributed by atoms with Crippen molar-refractivity contribution in [1.82, 2.24) is 14.9 Å². The number of para-hydroxylation sites is 1. The molecule has 0 spiro atoms. The van der Waals surface area contributed by atoms with Gasteiger partial charge in [-0.05, 0) is 64.4 Å². The number of amides is 2. The molecule has 2 aliphatic heterocycles. The van der Waals surface area contributed by atoms with Gasteiger partial charge in [-0.2, -0.15) is 5.01 Å². The van der Waals surface area contributed by atoms with Crippen LogP contribution in [0.15, 0.2) is 30.3 Å². The molecule has 162 valence electrons. The molecule has 1 unspecified atom stereocenters. The van der Waals surface area contributed by atoms with Gasteiger partial charge in [0.05, 0.1) is 13.5 Å². The van der Waals surface area contributed by atoms with Gasteiger partial charge in [-0.3, -0.25) is 14.7 Å². The van der Waals surface area contributed by atoms with E-state index in [2.05, 4.69) is 11.9 Å². The van der Waals surface area contributed by atoms with Gasteiger partial charge >= 0.3 is 12.0 Å². The van der Waals surface area contributed by atoms with Gasteiger partial charge in [-0.25, -0.2) is 4.79 Å². The second kappa shape index (κ2) is 10.8. The second-order valence-electron chi connectivity index (χ2n) is 7.77. The van der Waals surface area contributed by atoms with Crippen LogP contribution in [0.1, 0.15) is 32.6 Å². The fraction of sp³-hybridized carbons (Fsp3) is 0.619. The maximum absolute atomic E-state index is 13.3. The van der Waals surface area contributed by atoms with Crippen LogP contribution in [-0.2, 0) is 9.53 Å². The van der Waals surface area contributed by atoms with Crippen molar-refractivity contribution in [1.29, 1.82) is 0 Å². The minimum atomic E-state index is -0.256.